The summed E-state index contributed by atoms with van der Waals surface area (Å²) in [6.45, 7) is 3.96. The summed E-state index contributed by atoms with van der Waals surface area (Å²) in [6, 6.07) is 5.87. The summed E-state index contributed by atoms with van der Waals surface area (Å²) >= 11 is 0. The second-order valence-corrected chi connectivity index (χ2v) is 5.51. The summed E-state index contributed by atoms with van der Waals surface area (Å²) in [4.78, 5) is 26.3. The quantitative estimate of drug-likeness (QED) is 0.571. The lowest BCUT2D eigenvalue weighted by molar-refractivity contribution is -0.122. The third-order valence-electron chi connectivity index (χ3n) is 3.97. The van der Waals surface area contributed by atoms with Gasteiger partial charge in [-0.15, -0.1) is 0 Å². The number of anilines is 1. The molecule has 0 unspecified atom stereocenters. The smallest absolute Gasteiger partial charge is 0.238 e. The van der Waals surface area contributed by atoms with Crippen LogP contribution in [0.25, 0.3) is 0 Å². The Kier molecular flexibility index (Phi) is 2.77. The minimum atomic E-state index is -0.154. The van der Waals surface area contributed by atoms with Crippen molar-refractivity contribution in [2.75, 3.05) is 4.90 Å². The number of nitrogens with zero attached hydrogens (tertiary/aromatic N) is 1. The van der Waals surface area contributed by atoms with Gasteiger partial charge in [0.15, 0.2) is 0 Å². The number of rotatable bonds is 1. The predicted molar refractivity (Wildman–Crippen MR) is 73.8 cm³/mol. The van der Waals surface area contributed by atoms with Crippen molar-refractivity contribution in [3.8, 4) is 0 Å². The molecule has 1 aliphatic heterocycles. The van der Waals surface area contributed by atoms with Crippen molar-refractivity contribution in [1.82, 2.24) is 0 Å². The minimum Gasteiger partial charge on any atom is -0.274 e. The van der Waals surface area contributed by atoms with Crippen LogP contribution in [-0.4, -0.2) is 11.8 Å². The molecule has 0 saturated carbocycles. The molecular weight excluding hydrogens is 238 g/mol. The van der Waals surface area contributed by atoms with Crippen molar-refractivity contribution in [3.63, 3.8) is 0 Å². The lowest BCUT2D eigenvalue weighted by Gasteiger charge is -2.16. The summed E-state index contributed by atoms with van der Waals surface area (Å²) in [5, 5.41) is 0. The third kappa shape index (κ3) is 1.89. The van der Waals surface area contributed by atoms with Crippen LogP contribution in [0.5, 0.6) is 0 Å². The first-order chi connectivity index (χ1) is 9.08. The number of amides is 2. The first-order valence-corrected chi connectivity index (χ1v) is 6.69. The largest absolute Gasteiger partial charge is 0.274 e. The molecule has 0 radical (unpaired) electrons. The number of fused-ring (bicyclic) bond motifs is 1. The molecule has 1 aromatic carbocycles. The molecule has 3 nitrogen and oxygen atoms in total. The van der Waals surface area contributed by atoms with Gasteiger partial charge in [-0.1, -0.05) is 18.2 Å². The Morgan fingerprint density at radius 2 is 1.37 bits per heavy atom. The minimum absolute atomic E-state index is 0.0376. The molecule has 1 saturated heterocycles. The molecule has 1 aromatic rings. The highest BCUT2D eigenvalue weighted by atomic mass is 16.2. The Hall–Kier alpha value is -1.90. The van der Waals surface area contributed by atoms with Crippen molar-refractivity contribution >= 4 is 17.5 Å². The number of hydrogen-bond acceptors (Lipinski definition) is 2. The molecule has 1 aliphatic carbocycles. The van der Waals surface area contributed by atoms with E-state index in [1.807, 2.05) is 44.2 Å². The van der Waals surface area contributed by atoms with Crippen molar-refractivity contribution in [2.24, 2.45) is 11.8 Å². The van der Waals surface area contributed by atoms with Gasteiger partial charge in [-0.05, 0) is 49.9 Å². The van der Waals surface area contributed by atoms with Gasteiger partial charge in [0.2, 0.25) is 11.8 Å². The molecule has 0 spiro atoms. The zero-order valence-electron chi connectivity index (χ0n) is 11.2. The molecule has 2 atom stereocenters. The number of allylic oxidation sites excluding steroid dienone is 2. The van der Waals surface area contributed by atoms with Crippen LogP contribution >= 0.6 is 0 Å². The van der Waals surface area contributed by atoms with Gasteiger partial charge in [0, 0.05) is 0 Å². The number of carbonyl (C=O) groups is 2. The molecule has 1 heterocycles. The number of imide groups is 1. The monoisotopic (exact) mass is 255 g/mol. The fraction of sp³-hybridized carbons (Fsp3) is 0.375. The van der Waals surface area contributed by atoms with E-state index in [2.05, 4.69) is 0 Å². The Morgan fingerprint density at radius 1 is 0.895 bits per heavy atom. The Labute approximate surface area is 112 Å². The molecule has 3 heteroatoms. The van der Waals surface area contributed by atoms with E-state index in [-0.39, 0.29) is 23.7 Å². The SMILES string of the molecule is Cc1cc(C)cc(N2C(=O)[C@H]3CC=CC[C@H]3C2=O)c1. The maximum absolute atomic E-state index is 12.4. The van der Waals surface area contributed by atoms with Crippen LogP contribution in [0.1, 0.15) is 24.0 Å². The zero-order chi connectivity index (χ0) is 13.6. The van der Waals surface area contributed by atoms with Crippen LogP contribution in [0.15, 0.2) is 30.4 Å². The van der Waals surface area contributed by atoms with Gasteiger partial charge in [-0.3, -0.25) is 14.5 Å². The van der Waals surface area contributed by atoms with Crippen molar-refractivity contribution in [1.29, 1.82) is 0 Å². The first kappa shape index (κ1) is 12.2. The number of benzene rings is 1. The van der Waals surface area contributed by atoms with Gasteiger partial charge in [0.1, 0.15) is 0 Å². The van der Waals surface area contributed by atoms with E-state index in [0.29, 0.717) is 12.8 Å². The maximum atomic E-state index is 12.4. The Balaban J connectivity index is 2.01. The molecular formula is C16H17NO2. The molecule has 3 rings (SSSR count). The summed E-state index contributed by atoms with van der Waals surface area (Å²) < 4.78 is 0. The summed E-state index contributed by atoms with van der Waals surface area (Å²) in [7, 11) is 0. The van der Waals surface area contributed by atoms with Crippen LogP contribution in [-0.2, 0) is 9.59 Å². The van der Waals surface area contributed by atoms with E-state index in [1.165, 1.54) is 4.90 Å². The molecule has 2 amide bonds. The molecule has 0 N–H and O–H groups in total. The third-order valence-corrected chi connectivity index (χ3v) is 3.97. The van der Waals surface area contributed by atoms with E-state index in [0.717, 1.165) is 16.8 Å². The average Bonchev–Trinajstić information content (AvgIpc) is 2.61. The summed E-state index contributed by atoms with van der Waals surface area (Å²) in [5.74, 6) is -0.384. The Morgan fingerprint density at radius 3 is 1.84 bits per heavy atom. The second-order valence-electron chi connectivity index (χ2n) is 5.51. The van der Waals surface area contributed by atoms with Crippen LogP contribution in [0.4, 0.5) is 5.69 Å². The Bertz CT molecular complexity index is 542. The highest BCUT2D eigenvalue weighted by Gasteiger charge is 2.47. The van der Waals surface area contributed by atoms with Crippen LogP contribution in [0.2, 0.25) is 0 Å². The molecule has 19 heavy (non-hydrogen) atoms. The number of carbonyl (C=O) groups excluding carboxylic acids is 2. The van der Waals surface area contributed by atoms with E-state index >= 15 is 0 Å². The average molecular weight is 255 g/mol. The van der Waals surface area contributed by atoms with Gasteiger partial charge < -0.3 is 0 Å². The van der Waals surface area contributed by atoms with E-state index in [4.69, 9.17) is 0 Å². The molecule has 0 aromatic heterocycles. The molecule has 1 fully saturated rings. The standard InChI is InChI=1S/C16H17NO2/c1-10-7-11(2)9-12(8-10)17-15(18)13-5-3-4-6-14(13)16(17)19/h3-4,7-9,13-14H,5-6H2,1-2H3/t13-,14+. The number of aryl methyl sites for hydroxylation is 2. The lowest BCUT2D eigenvalue weighted by atomic mass is 9.85. The number of hydrogen-bond donors (Lipinski definition) is 0. The van der Waals surface area contributed by atoms with E-state index < -0.39 is 0 Å². The van der Waals surface area contributed by atoms with Crippen LogP contribution in [0.3, 0.4) is 0 Å². The lowest BCUT2D eigenvalue weighted by Crippen LogP contribution is -2.31. The van der Waals surface area contributed by atoms with Crippen molar-refractivity contribution in [3.05, 3.63) is 41.5 Å². The molecule has 2 aliphatic rings. The maximum Gasteiger partial charge on any atom is 0.238 e. The summed E-state index contributed by atoms with van der Waals surface area (Å²) in [5.41, 5.74) is 2.87. The second kappa shape index (κ2) is 4.34. The van der Waals surface area contributed by atoms with Gasteiger partial charge >= 0.3 is 0 Å². The van der Waals surface area contributed by atoms with E-state index in [1.54, 1.807) is 0 Å². The summed E-state index contributed by atoms with van der Waals surface area (Å²) in [6.07, 6.45) is 5.40. The normalized spacial score (nSPS) is 25.9. The fourth-order valence-electron chi connectivity index (χ4n) is 3.13. The van der Waals surface area contributed by atoms with Crippen LogP contribution in [0, 0.1) is 25.7 Å². The van der Waals surface area contributed by atoms with Gasteiger partial charge in [-0.25, -0.2) is 0 Å². The van der Waals surface area contributed by atoms with Crippen LogP contribution < -0.4 is 4.90 Å². The van der Waals surface area contributed by atoms with Gasteiger partial charge in [0.25, 0.3) is 0 Å². The topological polar surface area (TPSA) is 37.4 Å². The fourth-order valence-corrected chi connectivity index (χ4v) is 3.13. The van der Waals surface area contributed by atoms with Crippen molar-refractivity contribution in [2.45, 2.75) is 26.7 Å². The first-order valence-electron chi connectivity index (χ1n) is 6.69. The highest BCUT2D eigenvalue weighted by Crippen LogP contribution is 2.37. The predicted octanol–water partition coefficient (Wildman–Crippen LogP) is 2.76. The van der Waals surface area contributed by atoms with Crippen molar-refractivity contribution < 1.29 is 9.59 Å². The zero-order valence-corrected chi connectivity index (χ0v) is 11.2. The molecule has 98 valence electrons. The van der Waals surface area contributed by atoms with Gasteiger partial charge in [0.05, 0.1) is 17.5 Å². The van der Waals surface area contributed by atoms with E-state index in [9.17, 15) is 9.59 Å². The van der Waals surface area contributed by atoms with Gasteiger partial charge in [-0.2, -0.15) is 0 Å². The highest BCUT2D eigenvalue weighted by molar-refractivity contribution is 6.22. The molecule has 0 bridgehead atoms.